The Morgan fingerprint density at radius 1 is 0.684 bits per heavy atom. The molecule has 6 N–H and O–H groups in total. The number of Topliss-reactive ketones (excluding diaryl/α,β-unsaturated/α-hetero) is 2. The summed E-state index contributed by atoms with van der Waals surface area (Å²) in [7, 11) is 3.21. The van der Waals surface area contributed by atoms with Gasteiger partial charge in [-0.25, -0.2) is 9.48 Å². The van der Waals surface area contributed by atoms with Crippen LogP contribution in [-0.2, 0) is 95.2 Å². The number of carbonyl (C=O) groups excluding carboxylic acids is 5. The number of aromatic nitrogens is 6. The molecular formula is C102H136F3N11O20. The number of carbonyl (C=O) groups is 5. The van der Waals surface area contributed by atoms with Gasteiger partial charge in [0.25, 0.3) is 17.2 Å². The molecule has 34 heteroatoms. The number of alkyl halides is 3. The number of hydrogen-bond acceptors (Lipinski definition) is 27. The number of pyridine rings is 3. The fourth-order valence-corrected chi connectivity index (χ4v) is 18.7. The second kappa shape index (κ2) is 51.2. The maximum Gasteiger partial charge on any atom is 0.418 e. The number of ether oxygens (including phenoxy) is 11. The minimum atomic E-state index is -4.77. The summed E-state index contributed by atoms with van der Waals surface area (Å²) in [6, 6.07) is 20.2. The van der Waals surface area contributed by atoms with Gasteiger partial charge in [0.1, 0.15) is 30.1 Å². The Morgan fingerprint density at radius 3 is 2.10 bits per heavy atom. The van der Waals surface area contributed by atoms with Crippen LogP contribution >= 0.6 is 0 Å². The first-order valence-electron chi connectivity index (χ1n) is 48.0. The van der Waals surface area contributed by atoms with Crippen LogP contribution in [-0.4, -0.2) is 283 Å². The number of piperazine rings is 1. The fourth-order valence-electron chi connectivity index (χ4n) is 18.7. The number of aryl methyl sites for hydroxylation is 1. The first-order chi connectivity index (χ1) is 65.5. The van der Waals surface area contributed by atoms with Crippen molar-refractivity contribution in [3.63, 3.8) is 0 Å². The van der Waals surface area contributed by atoms with E-state index in [9.17, 15) is 44.1 Å². The number of rotatable bonds is 35. The van der Waals surface area contributed by atoms with Crippen LogP contribution in [0, 0.1) is 35.0 Å². The molecule has 0 unspecified atom stereocenters. The van der Waals surface area contributed by atoms with Crippen molar-refractivity contribution in [1.82, 2.24) is 39.3 Å². The fraction of sp³-hybridized carbons (Fsp3) is 0.578. The average molecular weight is 1890 g/mol. The quantitative estimate of drug-likeness (QED) is 0.00810. The van der Waals surface area contributed by atoms with E-state index in [1.54, 1.807) is 67.9 Å². The van der Waals surface area contributed by atoms with Crippen molar-refractivity contribution in [3.05, 3.63) is 167 Å². The highest BCUT2D eigenvalue weighted by Gasteiger charge is 2.53. The van der Waals surface area contributed by atoms with Gasteiger partial charge in [0.15, 0.2) is 0 Å². The Labute approximate surface area is 793 Å². The third kappa shape index (κ3) is 28.7. The van der Waals surface area contributed by atoms with Crippen LogP contribution in [0.5, 0.6) is 0 Å². The normalized spacial score (nSPS) is 25.8. The van der Waals surface area contributed by atoms with Gasteiger partial charge in [0, 0.05) is 142 Å². The molecule has 1 aliphatic carbocycles. The average Bonchev–Trinajstić information content (AvgIpc) is 0.784. The van der Waals surface area contributed by atoms with E-state index in [4.69, 9.17) is 63.2 Å². The minimum Gasteiger partial charge on any atom is -0.459 e. The number of aliphatic hydroxyl groups excluding tert-OH is 2. The number of esters is 1. The molecule has 0 spiro atoms. The van der Waals surface area contributed by atoms with E-state index in [0.717, 1.165) is 57.1 Å². The molecular weight excluding hydrogens is 1760 g/mol. The van der Waals surface area contributed by atoms with E-state index in [1.807, 2.05) is 106 Å². The van der Waals surface area contributed by atoms with Gasteiger partial charge in [-0.15, -0.1) is 5.10 Å². The Hall–Kier alpha value is -9.76. The molecule has 2 amide bonds. The number of methoxy groups -OCH3 is 2. The first-order valence-corrected chi connectivity index (χ1v) is 48.0. The van der Waals surface area contributed by atoms with Gasteiger partial charge in [-0.3, -0.25) is 38.5 Å². The predicted octanol–water partition coefficient (Wildman–Crippen LogP) is 12.2. The third-order valence-electron chi connectivity index (χ3n) is 26.7. The zero-order chi connectivity index (χ0) is 97.0. The Morgan fingerprint density at radius 2 is 1.39 bits per heavy atom. The second-order valence-electron chi connectivity index (χ2n) is 36.6. The van der Waals surface area contributed by atoms with Crippen molar-refractivity contribution in [3.8, 4) is 16.8 Å². The highest BCUT2D eigenvalue weighted by molar-refractivity contribution is 6.39. The second-order valence-corrected chi connectivity index (χ2v) is 36.6. The van der Waals surface area contributed by atoms with Gasteiger partial charge in [-0.1, -0.05) is 93.6 Å². The van der Waals surface area contributed by atoms with Crippen LogP contribution in [0.15, 0.2) is 150 Å². The molecule has 15 atom stereocenters. The van der Waals surface area contributed by atoms with E-state index in [1.165, 1.54) is 28.8 Å². The molecule has 8 heterocycles. The molecule has 7 aromatic rings. The lowest BCUT2D eigenvalue weighted by atomic mass is 9.80. The Balaban J connectivity index is 0.497. The summed E-state index contributed by atoms with van der Waals surface area (Å²) in [5.74, 6) is -8.18. The summed E-state index contributed by atoms with van der Waals surface area (Å²) in [6.45, 7) is 16.5. The van der Waals surface area contributed by atoms with E-state index in [0.29, 0.717) is 165 Å². The standard InChI is InChI=1S/C102H136F3N11O20/c1-66-18-10-9-11-19-67(2)89(126-7)61-79-29-24-71(6)101(125,136-79)98(122)99(123)115-35-16-14-23-86(115)100(124)135-90(62-87(117)68(3)55-70(5)96(120)97(121)94(107)69(4)54-66)82(106)56-72-25-32-88(91(57-72)127-8)134-41-17-15-21-77-65-114(111-110-77)40-43-129-45-47-131-49-51-133-53-52-132-50-48-130-46-44-128-42-34-92(118)113-38-36-112(37-39-113)85-31-28-78(60-81(85)102(103,104)105)116-93(119)33-27-75-63-109-84-30-26-73(59-80(84)95(75)116)76-58-74-20-12-13-22-83(74)108-64-76/h9-13,18-20,22,26-28,30-31,33,55,58-60,63-66,68-69,71-72,79,82,86,88-91,96-97,107,120-121,125H,14-17,21,23-25,29,32,34-54,56-57,61-62,106H2,1-8H3/b11-9?,18-10+,67-19?,70-55+,107-94?/t66-,68-,69-,71-,72+,79+,82-,86+,88-,89+,90+,91-,96-,97+,101-/m1/s1. The highest BCUT2D eigenvalue weighted by Crippen LogP contribution is 2.42. The van der Waals surface area contributed by atoms with Gasteiger partial charge in [-0.05, 0) is 180 Å². The number of nitrogens with one attached hydrogen (secondary N) is 1. The maximum absolute atomic E-state index is 15.1. The van der Waals surface area contributed by atoms with Gasteiger partial charge in [-0.2, -0.15) is 13.2 Å². The largest absolute Gasteiger partial charge is 0.459 e. The van der Waals surface area contributed by atoms with Crippen LogP contribution in [0.4, 0.5) is 18.9 Å². The Bertz CT molecular complexity index is 5330. The number of anilines is 1. The number of hydrogen-bond donors (Lipinski definition) is 5. The summed E-state index contributed by atoms with van der Waals surface area (Å²) in [5.41, 5.74) is 11.1. The predicted molar refractivity (Wildman–Crippen MR) is 507 cm³/mol. The molecule has 12 rings (SSSR count). The number of amides is 2. The van der Waals surface area contributed by atoms with Crippen LogP contribution in [0.1, 0.15) is 149 Å². The third-order valence-corrected chi connectivity index (χ3v) is 26.7. The Kier molecular flexibility index (Phi) is 39.6. The molecule has 4 aromatic heterocycles. The lowest BCUT2D eigenvalue weighted by Crippen LogP contribution is -2.61. The number of piperidine rings is 1. The lowest BCUT2D eigenvalue weighted by molar-refractivity contribution is -0.265. The number of benzene rings is 3. The number of cyclic esters (lactones) is 1. The number of nitrogens with zero attached hydrogens (tertiary/aromatic N) is 9. The molecule has 0 radical (unpaired) electrons. The molecule has 4 aliphatic heterocycles. The van der Waals surface area contributed by atoms with E-state index >= 15 is 13.2 Å². The molecule has 1 saturated carbocycles. The smallest absolute Gasteiger partial charge is 0.418 e. The van der Waals surface area contributed by atoms with Crippen LogP contribution in [0.2, 0.25) is 0 Å². The van der Waals surface area contributed by atoms with E-state index in [-0.39, 0.29) is 130 Å². The van der Waals surface area contributed by atoms with E-state index < -0.39 is 101 Å². The first kappa shape index (κ1) is 105. The molecule has 5 aliphatic rings. The molecule has 740 valence electrons. The summed E-state index contributed by atoms with van der Waals surface area (Å²) in [6.07, 6.45) is 12.9. The summed E-state index contributed by atoms with van der Waals surface area (Å²) in [5, 5.41) is 54.5. The van der Waals surface area contributed by atoms with Crippen molar-refractivity contribution >= 4 is 73.5 Å². The number of ketones is 2. The topological polar surface area (TPSA) is 386 Å². The summed E-state index contributed by atoms with van der Waals surface area (Å²) < 4.78 is 113. The van der Waals surface area contributed by atoms with E-state index in [2.05, 4.69) is 20.3 Å². The number of allylic oxidation sites excluding steroid dienone is 6. The molecule has 3 aromatic carbocycles. The zero-order valence-electron chi connectivity index (χ0n) is 79.6. The minimum absolute atomic E-state index is 0.00190. The van der Waals surface area contributed by atoms with Crippen molar-refractivity contribution in [1.29, 1.82) is 5.41 Å². The molecule has 2 bridgehead atoms. The summed E-state index contributed by atoms with van der Waals surface area (Å²) in [4.78, 5) is 98.8. The number of para-hydroxylation sites is 1. The SMILES string of the molecule is CO[C@H]1C[C@@H]2CC[C@@H](C)[C@@](O)(O2)C(=O)C(=O)N2CCCC[C@H]2C(=O)O[C@H]([C@H](N)C[C@@H]2CC[C@@H](OCCCCc3cn(CCOCCOCCOCCOCCOCCOCCC(=O)N4CCN(c5ccc(-n6c(=O)ccc7cnc8ccc(-c9cnc%10ccccc%10c9)cc8c76)cc5C(F)(F)F)CC4)nn3)[C@H](OC)C2)CC(=O)[C@H](C)/C=C(\C)[C@@H](O)[C@@H](O)C(=N)[C@H](C)C[C@H](C)/C=C/C=CC=C1C. The molecule has 136 heavy (non-hydrogen) atoms. The zero-order valence-corrected chi connectivity index (χ0v) is 79.6. The highest BCUT2D eigenvalue weighted by atomic mass is 19.4. The maximum atomic E-state index is 15.1. The van der Waals surface area contributed by atoms with Gasteiger partial charge in [0.2, 0.25) is 11.7 Å². The monoisotopic (exact) mass is 1890 g/mol. The number of nitrogens with two attached hydrogens (primary N) is 1. The number of fused-ring (bicyclic) bond motifs is 7. The van der Waals surface area contributed by atoms with Crippen LogP contribution in [0.25, 0.3) is 49.5 Å². The number of unbranched alkanes of at least 4 members (excludes halogenated alkanes) is 1. The van der Waals surface area contributed by atoms with Gasteiger partial charge < -0.3 is 93.3 Å². The molecule has 4 fully saturated rings. The number of halogens is 3. The van der Waals surface area contributed by atoms with Crippen molar-refractivity contribution in [2.75, 3.05) is 138 Å². The summed E-state index contributed by atoms with van der Waals surface area (Å²) >= 11 is 0. The van der Waals surface area contributed by atoms with Crippen LogP contribution in [0.3, 0.4) is 0 Å². The molecule has 31 nitrogen and oxygen atoms in total. The van der Waals surface area contributed by atoms with Gasteiger partial charge >= 0.3 is 12.1 Å². The van der Waals surface area contributed by atoms with Gasteiger partial charge in [0.05, 0.1) is 150 Å². The van der Waals surface area contributed by atoms with Crippen LogP contribution < -0.4 is 16.2 Å². The van der Waals surface area contributed by atoms with Crippen molar-refractivity contribution in [2.24, 2.45) is 35.3 Å². The number of aliphatic hydroxyl groups is 3. The lowest BCUT2D eigenvalue weighted by Gasteiger charge is -2.42. The van der Waals surface area contributed by atoms with Crippen molar-refractivity contribution < 1.29 is 105 Å². The van der Waals surface area contributed by atoms with Crippen molar-refractivity contribution in [2.45, 2.75) is 218 Å². The molecule has 3 saturated heterocycles.